The van der Waals surface area contributed by atoms with Crippen molar-refractivity contribution in [3.63, 3.8) is 0 Å². The summed E-state index contributed by atoms with van der Waals surface area (Å²) in [6.45, 7) is 1.97. The van der Waals surface area contributed by atoms with Gasteiger partial charge in [0, 0.05) is 6.07 Å². The molecule has 1 amide bonds. The van der Waals surface area contributed by atoms with Crippen molar-refractivity contribution < 1.29 is 14.7 Å². The van der Waals surface area contributed by atoms with Crippen molar-refractivity contribution in [1.82, 2.24) is 10.2 Å². The molecule has 1 aromatic heterocycles. The van der Waals surface area contributed by atoms with Gasteiger partial charge in [0.25, 0.3) is 0 Å². The zero-order valence-electron chi connectivity index (χ0n) is 9.51. The van der Waals surface area contributed by atoms with Crippen LogP contribution >= 0.6 is 0 Å². The maximum Gasteiger partial charge on any atom is 0.307 e. The lowest BCUT2D eigenvalue weighted by molar-refractivity contribution is -0.145. The monoisotopic (exact) mass is 237 g/mol. The van der Waals surface area contributed by atoms with Gasteiger partial charge < -0.3 is 10.4 Å². The van der Waals surface area contributed by atoms with Gasteiger partial charge in [0.05, 0.1) is 18.0 Å². The van der Waals surface area contributed by atoms with Crippen molar-refractivity contribution in [2.24, 2.45) is 17.8 Å². The highest BCUT2D eigenvalue weighted by Gasteiger charge is 2.41. The zero-order chi connectivity index (χ0) is 12.4. The Bertz CT molecular complexity index is 416. The Morgan fingerprint density at radius 3 is 2.76 bits per heavy atom. The van der Waals surface area contributed by atoms with E-state index in [0.29, 0.717) is 18.7 Å². The summed E-state index contributed by atoms with van der Waals surface area (Å²) in [5.41, 5.74) is 0. The summed E-state index contributed by atoms with van der Waals surface area (Å²) in [4.78, 5) is 23.0. The van der Waals surface area contributed by atoms with Crippen LogP contribution in [0.4, 0.5) is 5.82 Å². The molecular weight excluding hydrogens is 222 g/mol. The van der Waals surface area contributed by atoms with Gasteiger partial charge in [0.15, 0.2) is 0 Å². The van der Waals surface area contributed by atoms with Crippen molar-refractivity contribution in [1.29, 1.82) is 0 Å². The first-order valence-electron chi connectivity index (χ1n) is 5.61. The smallest absolute Gasteiger partial charge is 0.307 e. The molecule has 1 unspecified atom stereocenters. The van der Waals surface area contributed by atoms with Crippen LogP contribution in [0.25, 0.3) is 0 Å². The van der Waals surface area contributed by atoms with Crippen LogP contribution in [0.2, 0.25) is 0 Å². The first-order chi connectivity index (χ1) is 8.08. The highest BCUT2D eigenvalue weighted by molar-refractivity contribution is 5.94. The van der Waals surface area contributed by atoms with Crippen LogP contribution < -0.4 is 5.32 Å². The van der Waals surface area contributed by atoms with Gasteiger partial charge in [-0.25, -0.2) is 0 Å². The first-order valence-corrected chi connectivity index (χ1v) is 5.61. The Hall–Kier alpha value is -1.85. The Kier molecular flexibility index (Phi) is 3.12. The molecule has 17 heavy (non-hydrogen) atoms. The van der Waals surface area contributed by atoms with Crippen LogP contribution in [-0.4, -0.2) is 27.2 Å². The van der Waals surface area contributed by atoms with Gasteiger partial charge in [-0.15, -0.1) is 0 Å². The van der Waals surface area contributed by atoms with Crippen molar-refractivity contribution in [3.05, 3.63) is 12.3 Å². The van der Waals surface area contributed by atoms with Gasteiger partial charge in [-0.05, 0) is 18.8 Å². The second-order valence-corrected chi connectivity index (χ2v) is 4.59. The lowest BCUT2D eigenvalue weighted by Gasteiger charge is -2.14. The molecule has 1 heterocycles. The van der Waals surface area contributed by atoms with E-state index in [1.807, 2.05) is 6.92 Å². The van der Waals surface area contributed by atoms with E-state index in [1.54, 1.807) is 6.07 Å². The Labute approximate surface area is 98.4 Å². The molecule has 3 atom stereocenters. The van der Waals surface area contributed by atoms with E-state index in [1.165, 1.54) is 6.20 Å². The summed E-state index contributed by atoms with van der Waals surface area (Å²) in [6, 6.07) is 1.63. The number of aliphatic carboxylic acids is 1. The molecule has 0 radical (unpaired) electrons. The number of carboxylic acid groups (broad SMARTS) is 1. The van der Waals surface area contributed by atoms with Gasteiger partial charge in [0.1, 0.15) is 5.82 Å². The molecular formula is C11H15N3O3. The van der Waals surface area contributed by atoms with Gasteiger partial charge in [-0.2, -0.15) is 5.10 Å². The maximum atomic E-state index is 12.0. The predicted octanol–water partition coefficient (Wildman–Crippen LogP) is 1.10. The number of carbonyl (C=O) groups is 2. The molecule has 0 spiro atoms. The third-order valence-corrected chi connectivity index (χ3v) is 3.21. The number of hydrogen-bond donors (Lipinski definition) is 3. The minimum Gasteiger partial charge on any atom is -0.481 e. The summed E-state index contributed by atoms with van der Waals surface area (Å²) in [6.07, 6.45) is 2.72. The second-order valence-electron chi connectivity index (χ2n) is 4.59. The normalized spacial score (nSPS) is 27.9. The summed E-state index contributed by atoms with van der Waals surface area (Å²) in [5.74, 6) is -1.39. The molecule has 6 nitrogen and oxygen atoms in total. The van der Waals surface area contributed by atoms with Gasteiger partial charge in [0.2, 0.25) is 5.91 Å². The standard InChI is InChI=1S/C11H15N3O3/c1-6-4-7(8(5-6)11(16)17)10(15)13-9-2-3-12-14-9/h2-3,6-8H,4-5H2,1H3,(H,16,17)(H2,12,13,14,15)/t6?,7-,8+/m0/s1. The van der Waals surface area contributed by atoms with E-state index in [2.05, 4.69) is 15.5 Å². The first kappa shape index (κ1) is 11.6. The number of H-pyrrole nitrogens is 1. The molecule has 1 aromatic rings. The van der Waals surface area contributed by atoms with Crippen LogP contribution in [0, 0.1) is 17.8 Å². The van der Waals surface area contributed by atoms with Crippen LogP contribution in [0.5, 0.6) is 0 Å². The highest BCUT2D eigenvalue weighted by Crippen LogP contribution is 2.36. The van der Waals surface area contributed by atoms with E-state index < -0.39 is 17.8 Å². The molecule has 0 saturated heterocycles. The average molecular weight is 237 g/mol. The van der Waals surface area contributed by atoms with E-state index in [9.17, 15) is 9.59 Å². The Morgan fingerprint density at radius 1 is 1.47 bits per heavy atom. The fraction of sp³-hybridized carbons (Fsp3) is 0.545. The van der Waals surface area contributed by atoms with Crippen molar-refractivity contribution >= 4 is 17.7 Å². The topological polar surface area (TPSA) is 95.1 Å². The lowest BCUT2D eigenvalue weighted by Crippen LogP contribution is -2.30. The lowest BCUT2D eigenvalue weighted by atomic mass is 9.95. The largest absolute Gasteiger partial charge is 0.481 e. The Balaban J connectivity index is 2.05. The SMILES string of the molecule is CC1C[C@H](C(=O)Nc2ccn[nH]2)[C@H](C(=O)O)C1. The van der Waals surface area contributed by atoms with Crippen LogP contribution in [-0.2, 0) is 9.59 Å². The molecule has 1 aliphatic carbocycles. The van der Waals surface area contributed by atoms with Crippen LogP contribution in [0.15, 0.2) is 12.3 Å². The molecule has 1 aliphatic rings. The zero-order valence-corrected chi connectivity index (χ0v) is 9.51. The molecule has 0 aliphatic heterocycles. The van der Waals surface area contributed by atoms with Crippen LogP contribution in [0.1, 0.15) is 19.8 Å². The number of aromatic amines is 1. The quantitative estimate of drug-likeness (QED) is 0.733. The van der Waals surface area contributed by atoms with E-state index >= 15 is 0 Å². The minimum atomic E-state index is -0.890. The molecule has 92 valence electrons. The van der Waals surface area contributed by atoms with Gasteiger partial charge >= 0.3 is 5.97 Å². The Morgan fingerprint density at radius 2 is 2.18 bits per heavy atom. The number of amides is 1. The second kappa shape index (κ2) is 4.57. The minimum absolute atomic E-state index is 0.244. The van der Waals surface area contributed by atoms with Crippen molar-refractivity contribution in [2.75, 3.05) is 5.32 Å². The number of carbonyl (C=O) groups excluding carboxylic acids is 1. The maximum absolute atomic E-state index is 12.0. The summed E-state index contributed by atoms with van der Waals surface area (Å²) in [7, 11) is 0. The number of hydrogen-bond acceptors (Lipinski definition) is 3. The molecule has 0 aromatic carbocycles. The third kappa shape index (κ3) is 2.46. The summed E-state index contributed by atoms with van der Waals surface area (Å²) < 4.78 is 0. The van der Waals surface area contributed by atoms with E-state index in [4.69, 9.17) is 5.11 Å². The molecule has 1 saturated carbocycles. The fourth-order valence-electron chi connectivity index (χ4n) is 2.41. The summed E-state index contributed by atoms with van der Waals surface area (Å²) in [5, 5.41) is 18.1. The number of nitrogens with one attached hydrogen (secondary N) is 2. The number of aromatic nitrogens is 2. The highest BCUT2D eigenvalue weighted by atomic mass is 16.4. The van der Waals surface area contributed by atoms with Crippen molar-refractivity contribution in [3.8, 4) is 0 Å². The number of anilines is 1. The van der Waals surface area contributed by atoms with Crippen molar-refractivity contribution in [2.45, 2.75) is 19.8 Å². The number of carboxylic acids is 1. The molecule has 0 bridgehead atoms. The molecule has 2 rings (SSSR count). The van der Waals surface area contributed by atoms with E-state index in [0.717, 1.165) is 0 Å². The molecule has 1 fully saturated rings. The molecule has 6 heteroatoms. The summed E-state index contributed by atoms with van der Waals surface area (Å²) >= 11 is 0. The van der Waals surface area contributed by atoms with Crippen LogP contribution in [0.3, 0.4) is 0 Å². The number of rotatable bonds is 3. The fourth-order valence-corrected chi connectivity index (χ4v) is 2.41. The molecule has 3 N–H and O–H groups in total. The number of nitrogens with zero attached hydrogens (tertiary/aromatic N) is 1. The van der Waals surface area contributed by atoms with Gasteiger partial charge in [-0.3, -0.25) is 14.7 Å². The predicted molar refractivity (Wildman–Crippen MR) is 60.2 cm³/mol. The average Bonchev–Trinajstić information content (AvgIpc) is 2.86. The van der Waals surface area contributed by atoms with Gasteiger partial charge in [-0.1, -0.05) is 6.92 Å². The van der Waals surface area contributed by atoms with E-state index in [-0.39, 0.29) is 11.8 Å². The third-order valence-electron chi connectivity index (χ3n) is 3.21.